The predicted molar refractivity (Wildman–Crippen MR) is 205 cm³/mol. The minimum atomic E-state index is -0.271. The number of halogens is 3. The number of aryl methyl sites for hydroxylation is 2. The number of aromatic nitrogens is 6. The van der Waals surface area contributed by atoms with Gasteiger partial charge in [0.1, 0.15) is 23.7 Å². The van der Waals surface area contributed by atoms with Crippen molar-refractivity contribution in [3.63, 3.8) is 0 Å². The Morgan fingerprint density at radius 3 is 1.96 bits per heavy atom. The second kappa shape index (κ2) is 19.8. The number of nitrogens with zero attached hydrogens (tertiary/aromatic N) is 5. The van der Waals surface area contributed by atoms with Crippen LogP contribution in [-0.4, -0.2) is 88.9 Å². The van der Waals surface area contributed by atoms with Crippen molar-refractivity contribution in [3.8, 4) is 0 Å². The SMILES string of the molecule is Cl.Clc1ncnc2cc[nH]c12.O.O[C@H]1CN(Cc2c[nH]c3c(Cl)ncnc23)C[C@@H]1CCc1ccccc1.O[C@H]1CNC[C@@H]1CCc1ccccc1. The third-order valence-corrected chi connectivity index (χ3v) is 9.84. The van der Waals surface area contributed by atoms with Crippen LogP contribution in [0.4, 0.5) is 0 Å². The standard InChI is InChI=1S/C19H21ClN4O.C12H17NO.C6H4ClN3.ClH.H2O/c20-19-18-17(22-12-23-19)15(8-21-18)10-24-9-14(16(25)11-24)7-6-13-4-2-1-3-5-13;14-12-9-13-8-11(12)7-6-10-4-2-1-3-5-10;7-6-5-4(1-2-8-5)9-3-10-6;;/h1-5,8,12,14,16,21,25H,6-7,9-11H2;1-5,11-14H,6-9H2;1-3,8H;1H;1H2/t14-,16-;11-,12-;;;/m00.../s1. The molecule has 272 valence electrons. The molecule has 0 aliphatic carbocycles. The molecule has 4 aromatic heterocycles. The number of fused-ring (bicyclic) bond motifs is 2. The van der Waals surface area contributed by atoms with Crippen LogP contribution < -0.4 is 5.32 Å². The molecule has 2 aliphatic heterocycles. The lowest BCUT2D eigenvalue weighted by Gasteiger charge is -2.15. The number of rotatable bonds is 8. The smallest absolute Gasteiger partial charge is 0.156 e. The summed E-state index contributed by atoms with van der Waals surface area (Å²) in [7, 11) is 0. The fourth-order valence-electron chi connectivity index (χ4n) is 6.53. The van der Waals surface area contributed by atoms with Crippen molar-refractivity contribution < 1.29 is 15.7 Å². The lowest BCUT2D eigenvalue weighted by Crippen LogP contribution is -2.21. The molecule has 0 saturated carbocycles. The highest BCUT2D eigenvalue weighted by Crippen LogP contribution is 2.27. The van der Waals surface area contributed by atoms with Crippen molar-refractivity contribution in [2.24, 2.45) is 11.8 Å². The average molecular weight is 756 g/mol. The highest BCUT2D eigenvalue weighted by Gasteiger charge is 2.31. The Balaban J connectivity index is 0.000000189. The molecular formula is C37H45Cl3N8O3. The molecule has 51 heavy (non-hydrogen) atoms. The van der Waals surface area contributed by atoms with Crippen LogP contribution in [0.3, 0.4) is 0 Å². The first-order valence-corrected chi connectivity index (χ1v) is 17.5. The van der Waals surface area contributed by atoms with E-state index < -0.39 is 0 Å². The maximum Gasteiger partial charge on any atom is 0.156 e. The van der Waals surface area contributed by atoms with E-state index in [9.17, 15) is 10.2 Å². The number of β-amino-alcohol motifs (C(OH)–C–C–N with tert-alkyl or cyclic N) is 2. The van der Waals surface area contributed by atoms with Gasteiger partial charge in [-0.2, -0.15) is 0 Å². The Morgan fingerprint density at radius 2 is 1.33 bits per heavy atom. The van der Waals surface area contributed by atoms with Gasteiger partial charge in [0.25, 0.3) is 0 Å². The Hall–Kier alpha value is -3.65. The quantitative estimate of drug-likeness (QED) is 0.128. The number of benzene rings is 2. The fourth-order valence-corrected chi connectivity index (χ4v) is 6.91. The highest BCUT2D eigenvalue weighted by molar-refractivity contribution is 6.34. The lowest BCUT2D eigenvalue weighted by molar-refractivity contribution is 0.137. The second-order valence-electron chi connectivity index (χ2n) is 12.7. The number of aromatic amines is 2. The van der Waals surface area contributed by atoms with Crippen LogP contribution in [0.15, 0.2) is 91.8 Å². The fraction of sp³-hybridized carbons (Fsp3) is 0.351. The van der Waals surface area contributed by atoms with Gasteiger partial charge in [-0.05, 0) is 54.7 Å². The minimum absolute atomic E-state index is 0. The topological polar surface area (TPSA) is 170 Å². The summed E-state index contributed by atoms with van der Waals surface area (Å²) in [4.78, 5) is 24.5. The van der Waals surface area contributed by atoms with Gasteiger partial charge in [-0.25, -0.2) is 19.9 Å². The molecule has 0 unspecified atom stereocenters. The molecule has 14 heteroatoms. The molecule has 7 N–H and O–H groups in total. The number of aliphatic hydroxyl groups is 2. The van der Waals surface area contributed by atoms with E-state index in [-0.39, 0.29) is 30.1 Å². The molecule has 2 fully saturated rings. The van der Waals surface area contributed by atoms with Crippen molar-refractivity contribution >= 4 is 57.7 Å². The molecule has 4 atom stereocenters. The van der Waals surface area contributed by atoms with E-state index in [4.69, 9.17) is 23.2 Å². The van der Waals surface area contributed by atoms with Gasteiger partial charge in [-0.1, -0.05) is 83.9 Å². The molecule has 6 aromatic rings. The molecule has 11 nitrogen and oxygen atoms in total. The van der Waals surface area contributed by atoms with E-state index in [0.717, 1.165) is 79.5 Å². The van der Waals surface area contributed by atoms with Crippen LogP contribution in [0.1, 0.15) is 29.5 Å². The second-order valence-corrected chi connectivity index (χ2v) is 13.4. The molecule has 2 aromatic carbocycles. The maximum atomic E-state index is 10.4. The van der Waals surface area contributed by atoms with Crippen LogP contribution in [0.2, 0.25) is 10.3 Å². The summed E-state index contributed by atoms with van der Waals surface area (Å²) < 4.78 is 0. The summed E-state index contributed by atoms with van der Waals surface area (Å²) in [6.45, 7) is 4.09. The summed E-state index contributed by atoms with van der Waals surface area (Å²) in [6.07, 6.45) is 10.4. The summed E-state index contributed by atoms with van der Waals surface area (Å²) >= 11 is 11.8. The number of hydrogen-bond donors (Lipinski definition) is 5. The Labute approximate surface area is 313 Å². The van der Waals surface area contributed by atoms with Crippen molar-refractivity contribution in [3.05, 3.63) is 119 Å². The average Bonchev–Trinajstić information content (AvgIpc) is 3.93. The van der Waals surface area contributed by atoms with Crippen molar-refractivity contribution in [2.45, 2.75) is 44.4 Å². The molecule has 0 bridgehead atoms. The minimum Gasteiger partial charge on any atom is -0.412 e. The van der Waals surface area contributed by atoms with Gasteiger partial charge in [0.2, 0.25) is 0 Å². The number of aliphatic hydroxyl groups excluding tert-OH is 2. The first-order chi connectivity index (χ1) is 23.9. The summed E-state index contributed by atoms with van der Waals surface area (Å²) in [5.41, 5.74) is 7.07. The lowest BCUT2D eigenvalue weighted by atomic mass is 9.97. The third-order valence-electron chi connectivity index (χ3n) is 9.27. The van der Waals surface area contributed by atoms with Crippen molar-refractivity contribution in [1.82, 2.24) is 40.1 Å². The molecular weight excluding hydrogens is 711 g/mol. The summed E-state index contributed by atoms with van der Waals surface area (Å²) in [5.74, 6) is 0.749. The molecule has 0 radical (unpaired) electrons. The van der Waals surface area contributed by atoms with Gasteiger partial charge < -0.3 is 31.0 Å². The largest absolute Gasteiger partial charge is 0.412 e. The van der Waals surface area contributed by atoms with Crippen LogP contribution in [0.5, 0.6) is 0 Å². The van der Waals surface area contributed by atoms with Crippen LogP contribution >= 0.6 is 35.6 Å². The van der Waals surface area contributed by atoms with Gasteiger partial charge in [0.15, 0.2) is 10.3 Å². The van der Waals surface area contributed by atoms with Gasteiger partial charge in [-0.15, -0.1) is 12.4 Å². The molecule has 2 saturated heterocycles. The van der Waals surface area contributed by atoms with E-state index in [2.05, 4.69) is 88.7 Å². The normalized spacial score (nSPS) is 19.8. The van der Waals surface area contributed by atoms with Crippen LogP contribution in [0.25, 0.3) is 22.1 Å². The zero-order chi connectivity index (χ0) is 34.0. The number of H-pyrrole nitrogens is 2. The van der Waals surface area contributed by atoms with E-state index in [1.54, 1.807) is 6.20 Å². The number of hydrogen-bond acceptors (Lipinski definition) is 8. The van der Waals surface area contributed by atoms with E-state index in [0.29, 0.717) is 28.7 Å². The van der Waals surface area contributed by atoms with Gasteiger partial charge >= 0.3 is 0 Å². The summed E-state index contributed by atoms with van der Waals surface area (Å²) in [6, 6.07) is 22.8. The zero-order valence-electron chi connectivity index (χ0n) is 28.1. The molecule has 2 aliphatic rings. The Kier molecular flexibility index (Phi) is 15.6. The molecule has 0 amide bonds. The van der Waals surface area contributed by atoms with Gasteiger partial charge in [-0.3, -0.25) is 4.90 Å². The number of nitrogens with one attached hydrogen (secondary N) is 3. The van der Waals surface area contributed by atoms with Crippen LogP contribution in [-0.2, 0) is 19.4 Å². The Bertz CT molecular complexity index is 1900. The van der Waals surface area contributed by atoms with Crippen LogP contribution in [0, 0.1) is 11.8 Å². The van der Waals surface area contributed by atoms with Gasteiger partial charge in [0.05, 0.1) is 23.2 Å². The predicted octanol–water partition coefficient (Wildman–Crippen LogP) is 5.44. The zero-order valence-corrected chi connectivity index (χ0v) is 30.5. The Morgan fingerprint density at radius 1 is 0.706 bits per heavy atom. The van der Waals surface area contributed by atoms with E-state index in [1.807, 2.05) is 24.4 Å². The maximum absolute atomic E-state index is 10.4. The monoisotopic (exact) mass is 754 g/mol. The number of likely N-dealkylation sites (tertiary alicyclic amines) is 1. The first kappa shape index (κ1) is 40.1. The molecule has 6 heterocycles. The third kappa shape index (κ3) is 10.9. The van der Waals surface area contributed by atoms with E-state index >= 15 is 0 Å². The van der Waals surface area contributed by atoms with E-state index in [1.165, 1.54) is 23.8 Å². The molecule has 0 spiro atoms. The van der Waals surface area contributed by atoms with Crippen molar-refractivity contribution in [1.29, 1.82) is 0 Å². The first-order valence-electron chi connectivity index (χ1n) is 16.7. The van der Waals surface area contributed by atoms with Gasteiger partial charge in [0, 0.05) is 50.7 Å². The van der Waals surface area contributed by atoms with Crippen molar-refractivity contribution in [2.75, 3.05) is 26.2 Å². The highest BCUT2D eigenvalue weighted by atomic mass is 35.5. The molecule has 8 rings (SSSR count). The summed E-state index contributed by atoms with van der Waals surface area (Å²) in [5, 5.41) is 24.2.